The van der Waals surface area contributed by atoms with Gasteiger partial charge in [-0.1, -0.05) is 12.8 Å². The van der Waals surface area contributed by atoms with Gasteiger partial charge in [0, 0.05) is 12.8 Å². The molecule has 7 nitrogen and oxygen atoms in total. The van der Waals surface area contributed by atoms with Gasteiger partial charge in [0.05, 0.1) is 39.6 Å². The summed E-state index contributed by atoms with van der Waals surface area (Å²) in [7, 11) is 1.38. The van der Waals surface area contributed by atoms with Crippen molar-refractivity contribution in [1.82, 2.24) is 0 Å². The second-order valence-electron chi connectivity index (χ2n) is 5.95. The van der Waals surface area contributed by atoms with Crippen LogP contribution in [0.4, 0.5) is 0 Å². The van der Waals surface area contributed by atoms with Crippen molar-refractivity contribution >= 4 is 11.9 Å². The molecule has 0 N–H and O–H groups in total. The molecule has 0 aromatic rings. The van der Waals surface area contributed by atoms with Crippen molar-refractivity contribution in [3.05, 3.63) is 0 Å². The van der Waals surface area contributed by atoms with Gasteiger partial charge >= 0.3 is 11.9 Å². The molecule has 0 aromatic carbocycles. The highest BCUT2D eigenvalue weighted by molar-refractivity contribution is 5.69. The average molecular weight is 362 g/mol. The van der Waals surface area contributed by atoms with Crippen LogP contribution in [0.25, 0.3) is 0 Å². The molecular formula is C18H34O7. The Morgan fingerprint density at radius 1 is 0.760 bits per heavy atom. The molecule has 0 amide bonds. The second kappa shape index (κ2) is 16.3. The zero-order chi connectivity index (χ0) is 18.9. The molecule has 0 heterocycles. The van der Waals surface area contributed by atoms with Crippen LogP contribution in [0.2, 0.25) is 0 Å². The lowest BCUT2D eigenvalue weighted by Crippen LogP contribution is -2.20. The highest BCUT2D eigenvalue weighted by atomic mass is 16.7. The quantitative estimate of drug-likeness (QED) is 0.237. The van der Waals surface area contributed by atoms with Crippen LogP contribution in [-0.4, -0.2) is 57.9 Å². The second-order valence-corrected chi connectivity index (χ2v) is 5.95. The molecule has 0 fully saturated rings. The van der Waals surface area contributed by atoms with Crippen LogP contribution in [0.1, 0.15) is 59.3 Å². The summed E-state index contributed by atoms with van der Waals surface area (Å²) in [5.41, 5.74) is 0. The van der Waals surface area contributed by atoms with Crippen LogP contribution in [0.3, 0.4) is 0 Å². The third kappa shape index (κ3) is 17.4. The summed E-state index contributed by atoms with van der Waals surface area (Å²) in [4.78, 5) is 22.6. The van der Waals surface area contributed by atoms with E-state index in [1.807, 2.05) is 13.8 Å². The first-order valence-corrected chi connectivity index (χ1v) is 9.03. The Balaban J connectivity index is 3.42. The minimum atomic E-state index is -0.581. The number of carbonyl (C=O) groups is 2. The van der Waals surface area contributed by atoms with Gasteiger partial charge in [-0.3, -0.25) is 9.59 Å². The first kappa shape index (κ1) is 23.8. The minimum absolute atomic E-state index is 0.193. The van der Waals surface area contributed by atoms with Gasteiger partial charge in [0.2, 0.25) is 0 Å². The average Bonchev–Trinajstić information content (AvgIpc) is 2.56. The van der Waals surface area contributed by atoms with Crippen LogP contribution >= 0.6 is 0 Å². The molecule has 1 atom stereocenters. The lowest BCUT2D eigenvalue weighted by molar-refractivity contribution is -0.177. The van der Waals surface area contributed by atoms with Gasteiger partial charge in [0.15, 0.2) is 6.29 Å². The van der Waals surface area contributed by atoms with Gasteiger partial charge < -0.3 is 23.7 Å². The molecule has 0 radical (unpaired) electrons. The fourth-order valence-electron chi connectivity index (χ4n) is 1.99. The van der Waals surface area contributed by atoms with E-state index in [1.54, 1.807) is 6.92 Å². The first-order valence-electron chi connectivity index (χ1n) is 9.03. The summed E-state index contributed by atoms with van der Waals surface area (Å²) in [6.45, 7) is 7.51. The minimum Gasteiger partial charge on any atom is -0.469 e. The van der Waals surface area contributed by atoms with E-state index in [0.717, 1.165) is 25.7 Å². The highest BCUT2D eigenvalue weighted by Gasteiger charge is 2.09. The summed E-state index contributed by atoms with van der Waals surface area (Å²) in [6, 6.07) is 0. The summed E-state index contributed by atoms with van der Waals surface area (Å²) in [5.74, 6) is -0.464. The lowest BCUT2D eigenvalue weighted by atomic mass is 10.1. The van der Waals surface area contributed by atoms with Crippen LogP contribution in [-0.2, 0) is 33.3 Å². The molecule has 0 bridgehead atoms. The van der Waals surface area contributed by atoms with E-state index in [1.165, 1.54) is 7.11 Å². The lowest BCUT2D eigenvalue weighted by Gasteiger charge is -2.14. The molecule has 25 heavy (non-hydrogen) atoms. The van der Waals surface area contributed by atoms with Gasteiger partial charge in [-0.05, 0) is 33.6 Å². The van der Waals surface area contributed by atoms with Crippen molar-refractivity contribution < 1.29 is 33.3 Å². The smallest absolute Gasteiger partial charge is 0.308 e. The molecule has 0 saturated heterocycles. The van der Waals surface area contributed by atoms with Crippen LogP contribution < -0.4 is 0 Å². The maximum atomic E-state index is 11.7. The van der Waals surface area contributed by atoms with Gasteiger partial charge in [-0.15, -0.1) is 0 Å². The fourth-order valence-corrected chi connectivity index (χ4v) is 1.99. The number of hydrogen-bond acceptors (Lipinski definition) is 7. The van der Waals surface area contributed by atoms with Gasteiger partial charge in [-0.25, -0.2) is 0 Å². The third-order valence-electron chi connectivity index (χ3n) is 3.30. The van der Waals surface area contributed by atoms with Crippen molar-refractivity contribution in [2.45, 2.75) is 71.7 Å². The highest BCUT2D eigenvalue weighted by Crippen LogP contribution is 2.08. The normalized spacial score (nSPS) is 12.2. The van der Waals surface area contributed by atoms with E-state index in [-0.39, 0.29) is 18.0 Å². The molecule has 1 unspecified atom stereocenters. The van der Waals surface area contributed by atoms with Crippen molar-refractivity contribution in [3.63, 3.8) is 0 Å². The fraction of sp³-hybridized carbons (Fsp3) is 0.889. The number of ether oxygens (including phenoxy) is 5. The summed E-state index contributed by atoms with van der Waals surface area (Å²) in [5, 5.41) is 0. The van der Waals surface area contributed by atoms with Crippen LogP contribution in [0, 0.1) is 0 Å². The Bertz CT molecular complexity index is 344. The molecule has 0 aliphatic carbocycles. The number of rotatable bonds is 16. The topological polar surface area (TPSA) is 80.3 Å². The Labute approximate surface area is 151 Å². The Hall–Kier alpha value is -1.18. The molecule has 0 spiro atoms. The van der Waals surface area contributed by atoms with Gasteiger partial charge in [-0.2, -0.15) is 0 Å². The monoisotopic (exact) mass is 362 g/mol. The number of esters is 2. The molecule has 0 rings (SSSR count). The Morgan fingerprint density at radius 3 is 1.88 bits per heavy atom. The molecular weight excluding hydrogens is 328 g/mol. The number of methoxy groups -OCH3 is 1. The van der Waals surface area contributed by atoms with E-state index < -0.39 is 6.29 Å². The zero-order valence-corrected chi connectivity index (χ0v) is 16.1. The maximum absolute atomic E-state index is 11.7. The van der Waals surface area contributed by atoms with E-state index in [4.69, 9.17) is 18.9 Å². The first-order chi connectivity index (χ1) is 12.0. The van der Waals surface area contributed by atoms with Gasteiger partial charge in [0.1, 0.15) is 0 Å². The number of carbonyl (C=O) groups excluding carboxylic acids is 2. The maximum Gasteiger partial charge on any atom is 0.308 e. The van der Waals surface area contributed by atoms with Crippen molar-refractivity contribution in [3.8, 4) is 0 Å². The number of unbranched alkanes of at least 4 members (excludes halogenated alkanes) is 3. The standard InChI is InChI=1S/C18H34O7/c1-15(2)23-13-11-22-12-14-24-16(3)25-18(20)10-8-6-5-7-9-17(19)21-4/h15-16H,5-14H2,1-4H3. The number of hydrogen-bond donors (Lipinski definition) is 0. The largest absolute Gasteiger partial charge is 0.469 e. The third-order valence-corrected chi connectivity index (χ3v) is 3.30. The summed E-state index contributed by atoms with van der Waals surface area (Å²) < 4.78 is 25.8. The van der Waals surface area contributed by atoms with E-state index in [0.29, 0.717) is 39.3 Å². The van der Waals surface area contributed by atoms with Crippen molar-refractivity contribution in [2.24, 2.45) is 0 Å². The SMILES string of the molecule is COC(=O)CCCCCCC(=O)OC(C)OCCOCCOC(C)C. The van der Waals surface area contributed by atoms with Crippen molar-refractivity contribution in [2.75, 3.05) is 33.5 Å². The van der Waals surface area contributed by atoms with Crippen LogP contribution in [0.15, 0.2) is 0 Å². The molecule has 7 heteroatoms. The summed E-state index contributed by atoms with van der Waals surface area (Å²) >= 11 is 0. The summed E-state index contributed by atoms with van der Waals surface area (Å²) in [6.07, 6.45) is 3.70. The van der Waals surface area contributed by atoms with E-state index in [9.17, 15) is 9.59 Å². The Morgan fingerprint density at radius 2 is 1.32 bits per heavy atom. The molecule has 0 saturated carbocycles. The van der Waals surface area contributed by atoms with E-state index >= 15 is 0 Å². The zero-order valence-electron chi connectivity index (χ0n) is 16.1. The molecule has 0 aliphatic heterocycles. The Kier molecular flexibility index (Phi) is 15.5. The molecule has 0 aliphatic rings. The molecule has 148 valence electrons. The predicted molar refractivity (Wildman–Crippen MR) is 93.1 cm³/mol. The predicted octanol–water partition coefficient (Wildman–Crippen LogP) is 2.85. The van der Waals surface area contributed by atoms with Crippen LogP contribution in [0.5, 0.6) is 0 Å². The van der Waals surface area contributed by atoms with Gasteiger partial charge in [0.25, 0.3) is 0 Å². The van der Waals surface area contributed by atoms with Crippen molar-refractivity contribution in [1.29, 1.82) is 0 Å². The molecule has 0 aromatic heterocycles. The van der Waals surface area contributed by atoms with E-state index in [2.05, 4.69) is 4.74 Å².